The van der Waals surface area contributed by atoms with Crippen LogP contribution in [0.25, 0.3) is 0 Å². The molecule has 2 aromatic carbocycles. The van der Waals surface area contributed by atoms with Gasteiger partial charge in [0.15, 0.2) is 0 Å². The Morgan fingerprint density at radius 1 is 0.850 bits per heavy atom. The van der Waals surface area contributed by atoms with Gasteiger partial charge in [-0.3, -0.25) is 0 Å². The molecule has 0 saturated heterocycles. The minimum atomic E-state index is -0.272. The SMILES string of the molecule is Clc1ccc(CSC(Cl)c2ccc(Cl)cc2Cl)c(Cl)c1. The van der Waals surface area contributed by atoms with Gasteiger partial charge < -0.3 is 0 Å². The van der Waals surface area contributed by atoms with Crippen molar-refractivity contribution in [2.45, 2.75) is 10.5 Å². The van der Waals surface area contributed by atoms with Crippen molar-refractivity contribution in [1.82, 2.24) is 0 Å². The van der Waals surface area contributed by atoms with Gasteiger partial charge in [-0.15, -0.1) is 23.4 Å². The summed E-state index contributed by atoms with van der Waals surface area (Å²) in [6.45, 7) is 0. The average molecular weight is 387 g/mol. The molecule has 0 aromatic heterocycles. The number of alkyl halides is 1. The van der Waals surface area contributed by atoms with Crippen molar-refractivity contribution in [2.75, 3.05) is 0 Å². The maximum absolute atomic E-state index is 6.36. The molecule has 0 aliphatic heterocycles. The number of thioether (sulfide) groups is 1. The zero-order chi connectivity index (χ0) is 14.7. The van der Waals surface area contributed by atoms with E-state index in [1.807, 2.05) is 18.2 Å². The van der Waals surface area contributed by atoms with Crippen molar-refractivity contribution in [3.05, 3.63) is 67.6 Å². The molecule has 2 aromatic rings. The number of benzene rings is 2. The van der Waals surface area contributed by atoms with E-state index < -0.39 is 0 Å². The van der Waals surface area contributed by atoms with Crippen LogP contribution in [0.2, 0.25) is 20.1 Å². The van der Waals surface area contributed by atoms with Gasteiger partial charge in [0.1, 0.15) is 4.71 Å². The van der Waals surface area contributed by atoms with E-state index in [2.05, 4.69) is 0 Å². The fourth-order valence-corrected chi connectivity index (χ4v) is 4.11. The van der Waals surface area contributed by atoms with Gasteiger partial charge in [0.2, 0.25) is 0 Å². The number of rotatable bonds is 4. The Balaban J connectivity index is 2.06. The minimum Gasteiger partial charge on any atom is -0.133 e. The summed E-state index contributed by atoms with van der Waals surface area (Å²) in [6.07, 6.45) is 0. The largest absolute Gasteiger partial charge is 0.133 e. The van der Waals surface area contributed by atoms with Gasteiger partial charge in [0.05, 0.1) is 0 Å². The van der Waals surface area contributed by atoms with Crippen LogP contribution < -0.4 is 0 Å². The summed E-state index contributed by atoms with van der Waals surface area (Å²) in [5.41, 5.74) is 1.82. The van der Waals surface area contributed by atoms with Gasteiger partial charge in [-0.25, -0.2) is 0 Å². The van der Waals surface area contributed by atoms with E-state index in [0.29, 0.717) is 25.8 Å². The second kappa shape index (κ2) is 7.49. The first-order chi connectivity index (χ1) is 9.47. The van der Waals surface area contributed by atoms with E-state index in [1.165, 1.54) is 11.8 Å². The molecule has 6 heteroatoms. The average Bonchev–Trinajstić information content (AvgIpc) is 2.37. The lowest BCUT2D eigenvalue weighted by atomic mass is 10.2. The van der Waals surface area contributed by atoms with Gasteiger partial charge in [-0.2, -0.15) is 0 Å². The zero-order valence-electron chi connectivity index (χ0n) is 10.0. The molecular formula is C14H9Cl5S. The summed E-state index contributed by atoms with van der Waals surface area (Å²) in [5.74, 6) is 0.670. The monoisotopic (exact) mass is 384 g/mol. The summed E-state index contributed by atoms with van der Waals surface area (Å²) in [5, 5.41) is 2.41. The van der Waals surface area contributed by atoms with Crippen LogP contribution in [0.4, 0.5) is 0 Å². The van der Waals surface area contributed by atoms with Crippen LogP contribution in [0.15, 0.2) is 36.4 Å². The van der Waals surface area contributed by atoms with Crippen LogP contribution >= 0.6 is 69.8 Å². The minimum absolute atomic E-state index is 0.272. The molecule has 0 radical (unpaired) electrons. The first-order valence-electron chi connectivity index (χ1n) is 5.62. The van der Waals surface area contributed by atoms with Crippen LogP contribution in [-0.2, 0) is 5.75 Å². The van der Waals surface area contributed by atoms with Gasteiger partial charge >= 0.3 is 0 Å². The van der Waals surface area contributed by atoms with Crippen LogP contribution in [0.5, 0.6) is 0 Å². The molecular weight excluding hydrogens is 377 g/mol. The standard InChI is InChI=1S/C14H9Cl5S/c15-9-2-1-8(12(17)5-9)7-20-14(19)11-4-3-10(16)6-13(11)18/h1-6,14H,7H2. The zero-order valence-corrected chi connectivity index (χ0v) is 14.6. The molecule has 0 nitrogen and oxygen atoms in total. The first kappa shape index (κ1) is 16.6. The second-order valence-electron chi connectivity index (χ2n) is 4.03. The molecule has 2 rings (SSSR count). The topological polar surface area (TPSA) is 0 Å². The van der Waals surface area contributed by atoms with E-state index in [9.17, 15) is 0 Å². The normalized spacial score (nSPS) is 12.4. The highest BCUT2D eigenvalue weighted by Crippen LogP contribution is 2.40. The third kappa shape index (κ3) is 4.37. The molecule has 0 fully saturated rings. The molecule has 0 spiro atoms. The van der Waals surface area contributed by atoms with Crippen LogP contribution in [0.3, 0.4) is 0 Å². The summed E-state index contributed by atoms with van der Waals surface area (Å²) >= 11 is 31.9. The Bertz CT molecular complexity index is 615. The molecule has 0 aliphatic carbocycles. The molecule has 0 aliphatic rings. The highest BCUT2D eigenvalue weighted by molar-refractivity contribution is 7.99. The van der Waals surface area contributed by atoms with Crippen molar-refractivity contribution in [3.8, 4) is 0 Å². The van der Waals surface area contributed by atoms with E-state index >= 15 is 0 Å². The Morgan fingerprint density at radius 2 is 1.45 bits per heavy atom. The Kier molecular flexibility index (Phi) is 6.22. The van der Waals surface area contributed by atoms with E-state index in [-0.39, 0.29) is 4.71 Å². The molecule has 0 heterocycles. The Labute approximate surface area is 147 Å². The van der Waals surface area contributed by atoms with E-state index in [1.54, 1.807) is 18.2 Å². The highest BCUT2D eigenvalue weighted by Gasteiger charge is 2.13. The summed E-state index contributed by atoms with van der Waals surface area (Å²) < 4.78 is -0.272. The molecule has 1 atom stereocenters. The summed E-state index contributed by atoms with van der Waals surface area (Å²) in [4.78, 5) is 0. The fourth-order valence-electron chi connectivity index (χ4n) is 1.58. The number of hydrogen-bond donors (Lipinski definition) is 0. The maximum atomic E-state index is 6.36. The molecule has 0 saturated carbocycles. The predicted molar refractivity (Wildman–Crippen MR) is 92.8 cm³/mol. The maximum Gasteiger partial charge on any atom is 0.106 e. The molecule has 0 bridgehead atoms. The van der Waals surface area contributed by atoms with Crippen molar-refractivity contribution >= 4 is 69.8 Å². The second-order valence-corrected chi connectivity index (χ2v) is 7.50. The third-order valence-electron chi connectivity index (χ3n) is 2.61. The highest BCUT2D eigenvalue weighted by atomic mass is 35.5. The molecule has 20 heavy (non-hydrogen) atoms. The van der Waals surface area contributed by atoms with E-state index in [4.69, 9.17) is 58.0 Å². The smallest absolute Gasteiger partial charge is 0.106 e. The van der Waals surface area contributed by atoms with Crippen LogP contribution in [0.1, 0.15) is 15.8 Å². The number of halogens is 5. The Morgan fingerprint density at radius 3 is 2.05 bits per heavy atom. The molecule has 106 valence electrons. The van der Waals surface area contributed by atoms with Crippen LogP contribution in [-0.4, -0.2) is 0 Å². The van der Waals surface area contributed by atoms with E-state index in [0.717, 1.165) is 11.1 Å². The summed E-state index contributed by atoms with van der Waals surface area (Å²) in [6, 6.07) is 10.7. The van der Waals surface area contributed by atoms with Crippen molar-refractivity contribution in [1.29, 1.82) is 0 Å². The summed E-state index contributed by atoms with van der Waals surface area (Å²) in [7, 11) is 0. The molecule has 0 amide bonds. The van der Waals surface area contributed by atoms with Crippen molar-refractivity contribution in [2.24, 2.45) is 0 Å². The predicted octanol–water partition coefficient (Wildman–Crippen LogP) is 7.47. The van der Waals surface area contributed by atoms with Crippen molar-refractivity contribution in [3.63, 3.8) is 0 Å². The number of hydrogen-bond acceptors (Lipinski definition) is 1. The Hall–Kier alpha value is 0.240. The lowest BCUT2D eigenvalue weighted by Crippen LogP contribution is -1.90. The van der Waals surface area contributed by atoms with Gasteiger partial charge in [0, 0.05) is 25.8 Å². The third-order valence-corrected chi connectivity index (χ3v) is 5.39. The lowest BCUT2D eigenvalue weighted by Gasteiger charge is -2.12. The van der Waals surface area contributed by atoms with Gasteiger partial charge in [0.25, 0.3) is 0 Å². The first-order valence-corrected chi connectivity index (χ1v) is 8.61. The molecule has 1 unspecified atom stereocenters. The fraction of sp³-hybridized carbons (Fsp3) is 0.143. The van der Waals surface area contributed by atoms with Gasteiger partial charge in [-0.05, 0) is 35.4 Å². The van der Waals surface area contributed by atoms with Crippen LogP contribution in [0, 0.1) is 0 Å². The lowest BCUT2D eigenvalue weighted by molar-refractivity contribution is 1.33. The van der Waals surface area contributed by atoms with Crippen molar-refractivity contribution < 1.29 is 0 Å². The quantitative estimate of drug-likeness (QED) is 0.491. The van der Waals surface area contributed by atoms with Gasteiger partial charge in [-0.1, -0.05) is 58.5 Å². The molecule has 0 N–H and O–H groups in total.